The maximum absolute atomic E-state index is 6.18. The van der Waals surface area contributed by atoms with Gasteiger partial charge in [-0.1, -0.05) is 98.3 Å². The van der Waals surface area contributed by atoms with Crippen LogP contribution in [0.3, 0.4) is 0 Å². The highest BCUT2D eigenvalue weighted by Crippen LogP contribution is 2.38. The van der Waals surface area contributed by atoms with Crippen molar-refractivity contribution in [1.82, 2.24) is 10.2 Å². The van der Waals surface area contributed by atoms with Crippen molar-refractivity contribution in [3.05, 3.63) is 109 Å². The summed E-state index contributed by atoms with van der Waals surface area (Å²) in [5.41, 5.74) is 5.65. The lowest BCUT2D eigenvalue weighted by Crippen LogP contribution is -1.87. The molecule has 6 rings (SSSR count). The second kappa shape index (κ2) is 9.19. The lowest BCUT2D eigenvalue weighted by Gasteiger charge is -2.12. The molecule has 0 saturated carbocycles. The van der Waals surface area contributed by atoms with Crippen LogP contribution in [0.15, 0.2) is 108 Å². The van der Waals surface area contributed by atoms with Gasteiger partial charge in [-0.15, -0.1) is 10.2 Å². The van der Waals surface area contributed by atoms with E-state index in [1.807, 2.05) is 0 Å². The number of benzene rings is 5. The van der Waals surface area contributed by atoms with Crippen LogP contribution in [0.4, 0.5) is 0 Å². The van der Waals surface area contributed by atoms with E-state index >= 15 is 0 Å². The van der Waals surface area contributed by atoms with Crippen molar-refractivity contribution >= 4 is 21.5 Å². The van der Waals surface area contributed by atoms with Gasteiger partial charge < -0.3 is 4.42 Å². The molecule has 0 atom stereocenters. The number of fused-ring (bicyclic) bond motifs is 2. The van der Waals surface area contributed by atoms with E-state index in [0.29, 0.717) is 11.8 Å². The fraction of sp³-hybridized carbons (Fsp3) is 0.125. The molecule has 0 radical (unpaired) electrons. The van der Waals surface area contributed by atoms with E-state index in [-0.39, 0.29) is 0 Å². The van der Waals surface area contributed by atoms with E-state index in [1.165, 1.54) is 45.7 Å². The summed E-state index contributed by atoms with van der Waals surface area (Å²) in [5.74, 6) is 1.08. The van der Waals surface area contributed by atoms with Crippen LogP contribution < -0.4 is 0 Å². The second-order valence-corrected chi connectivity index (χ2v) is 8.95. The van der Waals surface area contributed by atoms with Crippen molar-refractivity contribution < 1.29 is 4.42 Å². The first-order valence-electron chi connectivity index (χ1n) is 12.2. The number of aromatic nitrogens is 2. The second-order valence-electron chi connectivity index (χ2n) is 8.95. The molecule has 1 heterocycles. The number of rotatable bonds is 6. The molecular formula is C32H26N2O. The third-order valence-electron chi connectivity index (χ3n) is 6.68. The van der Waals surface area contributed by atoms with Gasteiger partial charge in [0.05, 0.1) is 0 Å². The summed E-state index contributed by atoms with van der Waals surface area (Å²) in [4.78, 5) is 0. The molecule has 0 aliphatic carbocycles. The van der Waals surface area contributed by atoms with Crippen LogP contribution in [0.5, 0.6) is 0 Å². The van der Waals surface area contributed by atoms with Gasteiger partial charge in [0.15, 0.2) is 0 Å². The molecule has 0 N–H and O–H groups in total. The molecule has 0 aliphatic heterocycles. The summed E-state index contributed by atoms with van der Waals surface area (Å²) in [6.07, 6.45) is 3.49. The Kier molecular flexibility index (Phi) is 5.59. The predicted molar refractivity (Wildman–Crippen MR) is 144 cm³/mol. The predicted octanol–water partition coefficient (Wildman–Crippen LogP) is 8.72. The zero-order chi connectivity index (χ0) is 23.6. The minimum atomic E-state index is 0.538. The number of nitrogens with zero attached hydrogens (tertiary/aromatic N) is 2. The molecule has 6 aromatic rings. The van der Waals surface area contributed by atoms with Crippen molar-refractivity contribution in [1.29, 1.82) is 0 Å². The van der Waals surface area contributed by atoms with E-state index in [1.54, 1.807) is 0 Å². The van der Waals surface area contributed by atoms with Crippen molar-refractivity contribution in [3.8, 4) is 34.0 Å². The molecule has 0 unspecified atom stereocenters. The number of hydrogen-bond acceptors (Lipinski definition) is 3. The molecule has 0 bridgehead atoms. The summed E-state index contributed by atoms with van der Waals surface area (Å²) in [6.45, 7) is 2.21. The monoisotopic (exact) mass is 454 g/mol. The van der Waals surface area contributed by atoms with Gasteiger partial charge in [-0.3, -0.25) is 0 Å². The first-order valence-corrected chi connectivity index (χ1v) is 12.2. The molecule has 0 aliphatic rings. The van der Waals surface area contributed by atoms with Gasteiger partial charge in [0.1, 0.15) is 0 Å². The Bertz CT molecular complexity index is 1620. The SMILES string of the molecule is CCCCc1ccc(-c2nnc(-c3ccc(-c4cccc5ccccc45)c4ccccc34)o2)cc1. The van der Waals surface area contributed by atoms with Crippen LogP contribution in [-0.4, -0.2) is 10.2 Å². The fourth-order valence-electron chi connectivity index (χ4n) is 4.82. The zero-order valence-corrected chi connectivity index (χ0v) is 19.7. The largest absolute Gasteiger partial charge is 0.416 e. The van der Waals surface area contributed by atoms with E-state index in [4.69, 9.17) is 4.42 Å². The summed E-state index contributed by atoms with van der Waals surface area (Å²) < 4.78 is 6.18. The Balaban J connectivity index is 1.41. The number of hydrogen-bond donors (Lipinski definition) is 0. The third kappa shape index (κ3) is 4.00. The van der Waals surface area contributed by atoms with Crippen LogP contribution in [-0.2, 0) is 6.42 Å². The van der Waals surface area contributed by atoms with Crippen molar-refractivity contribution in [2.75, 3.05) is 0 Å². The van der Waals surface area contributed by atoms with Gasteiger partial charge in [-0.05, 0) is 69.3 Å². The first kappa shape index (κ1) is 21.3. The van der Waals surface area contributed by atoms with Crippen LogP contribution in [0.1, 0.15) is 25.3 Å². The first-order chi connectivity index (χ1) is 17.3. The van der Waals surface area contributed by atoms with E-state index in [2.05, 4.69) is 120 Å². The molecule has 170 valence electrons. The van der Waals surface area contributed by atoms with Gasteiger partial charge in [-0.25, -0.2) is 0 Å². The zero-order valence-electron chi connectivity index (χ0n) is 19.7. The highest BCUT2D eigenvalue weighted by Gasteiger charge is 2.16. The van der Waals surface area contributed by atoms with E-state index < -0.39 is 0 Å². The lowest BCUT2D eigenvalue weighted by atomic mass is 9.92. The molecule has 35 heavy (non-hydrogen) atoms. The molecule has 0 saturated heterocycles. The Hall–Kier alpha value is -4.24. The molecule has 0 fully saturated rings. The third-order valence-corrected chi connectivity index (χ3v) is 6.68. The highest BCUT2D eigenvalue weighted by molar-refractivity contribution is 6.08. The number of unbranched alkanes of at least 4 members (excludes halogenated alkanes) is 1. The maximum Gasteiger partial charge on any atom is 0.248 e. The quantitative estimate of drug-likeness (QED) is 0.253. The van der Waals surface area contributed by atoms with Crippen LogP contribution >= 0.6 is 0 Å². The molecule has 3 nitrogen and oxygen atoms in total. The summed E-state index contributed by atoms with van der Waals surface area (Å²) in [6, 6.07) is 36.2. The van der Waals surface area contributed by atoms with Gasteiger partial charge in [0, 0.05) is 11.1 Å². The van der Waals surface area contributed by atoms with E-state index in [0.717, 1.165) is 22.9 Å². The summed E-state index contributed by atoms with van der Waals surface area (Å²) in [5, 5.41) is 13.5. The highest BCUT2D eigenvalue weighted by atomic mass is 16.4. The van der Waals surface area contributed by atoms with Gasteiger partial charge in [-0.2, -0.15) is 0 Å². The van der Waals surface area contributed by atoms with Crippen molar-refractivity contribution in [3.63, 3.8) is 0 Å². The maximum atomic E-state index is 6.18. The minimum Gasteiger partial charge on any atom is -0.416 e. The lowest BCUT2D eigenvalue weighted by molar-refractivity contribution is 0.585. The Morgan fingerprint density at radius 2 is 1.20 bits per heavy atom. The van der Waals surface area contributed by atoms with Crippen molar-refractivity contribution in [2.45, 2.75) is 26.2 Å². The number of aryl methyl sites for hydroxylation is 1. The Morgan fingerprint density at radius 3 is 2.00 bits per heavy atom. The summed E-state index contributed by atoms with van der Waals surface area (Å²) in [7, 11) is 0. The smallest absolute Gasteiger partial charge is 0.248 e. The van der Waals surface area contributed by atoms with Gasteiger partial charge in [0.2, 0.25) is 11.8 Å². The van der Waals surface area contributed by atoms with Crippen molar-refractivity contribution in [2.24, 2.45) is 0 Å². The molecule has 1 aromatic heterocycles. The fourth-order valence-corrected chi connectivity index (χ4v) is 4.82. The van der Waals surface area contributed by atoms with Crippen LogP contribution in [0.25, 0.3) is 55.6 Å². The van der Waals surface area contributed by atoms with Gasteiger partial charge in [0.25, 0.3) is 0 Å². The molecule has 0 amide bonds. The molecule has 3 heteroatoms. The van der Waals surface area contributed by atoms with E-state index in [9.17, 15) is 0 Å². The average molecular weight is 455 g/mol. The topological polar surface area (TPSA) is 38.9 Å². The minimum absolute atomic E-state index is 0.538. The normalized spacial score (nSPS) is 11.3. The Labute approximate surface area is 205 Å². The Morgan fingerprint density at radius 1 is 0.571 bits per heavy atom. The van der Waals surface area contributed by atoms with Gasteiger partial charge >= 0.3 is 0 Å². The standard InChI is InChI=1S/C32H26N2O/c1-2-3-9-22-16-18-24(19-17-22)31-33-34-32(35-31)30-21-20-29(27-13-6-7-14-28(27)30)26-15-8-11-23-10-4-5-12-25(23)26/h4-8,10-21H,2-3,9H2,1H3. The molecule has 5 aromatic carbocycles. The summed E-state index contributed by atoms with van der Waals surface area (Å²) >= 11 is 0. The van der Waals surface area contributed by atoms with Crippen LogP contribution in [0.2, 0.25) is 0 Å². The molecular weight excluding hydrogens is 428 g/mol. The average Bonchev–Trinajstić information content (AvgIpc) is 3.41. The van der Waals surface area contributed by atoms with Crippen LogP contribution in [0, 0.1) is 0 Å². The molecule has 0 spiro atoms.